The molecule has 0 bridgehead atoms. The molecule has 2 amide bonds. The third-order valence-corrected chi connectivity index (χ3v) is 8.62. The second kappa shape index (κ2) is 12.3. The molecular formula is C27H26Cl2FN3O6S. The van der Waals surface area contributed by atoms with Crippen LogP contribution in [0.3, 0.4) is 0 Å². The summed E-state index contributed by atoms with van der Waals surface area (Å²) in [6.45, 7) is 1.28. The SMILES string of the molecule is CNC(=O)[C@H](C)N(Cc1ccc(Cl)cc1Cl)C(=O)CN(c1ccc(F)cc1)S(=O)(=O)c1ccc2c(c1)OCCO2. The molecule has 13 heteroatoms. The Labute approximate surface area is 241 Å². The number of rotatable bonds is 9. The molecule has 0 aliphatic carbocycles. The van der Waals surface area contributed by atoms with Crippen LogP contribution in [0, 0.1) is 5.82 Å². The number of anilines is 1. The van der Waals surface area contributed by atoms with E-state index in [9.17, 15) is 22.4 Å². The number of hydrogen-bond donors (Lipinski definition) is 1. The fourth-order valence-corrected chi connectivity index (χ4v) is 5.97. The first-order chi connectivity index (χ1) is 19.0. The zero-order chi connectivity index (χ0) is 29.0. The second-order valence-electron chi connectivity index (χ2n) is 8.84. The number of nitrogens with one attached hydrogen (secondary N) is 1. The molecule has 0 spiro atoms. The van der Waals surface area contributed by atoms with Crippen LogP contribution < -0.4 is 19.1 Å². The Morgan fingerprint density at radius 3 is 2.33 bits per heavy atom. The van der Waals surface area contributed by atoms with Crippen LogP contribution in [0.1, 0.15) is 12.5 Å². The lowest BCUT2D eigenvalue weighted by Crippen LogP contribution is -2.50. The summed E-state index contributed by atoms with van der Waals surface area (Å²) in [7, 11) is -2.96. The van der Waals surface area contributed by atoms with E-state index in [1.165, 1.54) is 55.3 Å². The number of nitrogens with zero attached hydrogens (tertiary/aromatic N) is 2. The van der Waals surface area contributed by atoms with Crippen LogP contribution in [0.25, 0.3) is 0 Å². The third-order valence-electron chi connectivity index (χ3n) is 6.26. The number of likely N-dealkylation sites (N-methyl/N-ethyl adjacent to an activating group) is 1. The Hall–Kier alpha value is -3.54. The van der Waals surface area contributed by atoms with Gasteiger partial charge in [-0.15, -0.1) is 0 Å². The van der Waals surface area contributed by atoms with E-state index in [0.717, 1.165) is 16.4 Å². The summed E-state index contributed by atoms with van der Waals surface area (Å²) < 4.78 is 53.5. The van der Waals surface area contributed by atoms with Gasteiger partial charge in [-0.05, 0) is 61.0 Å². The van der Waals surface area contributed by atoms with Crippen LogP contribution in [-0.2, 0) is 26.2 Å². The summed E-state index contributed by atoms with van der Waals surface area (Å²) in [5.41, 5.74) is 0.542. The maximum atomic E-state index is 13.9. The molecule has 4 rings (SSSR count). The summed E-state index contributed by atoms with van der Waals surface area (Å²) in [6.07, 6.45) is 0. The van der Waals surface area contributed by atoms with Crippen molar-refractivity contribution in [3.05, 3.63) is 82.1 Å². The monoisotopic (exact) mass is 609 g/mol. The molecule has 0 fully saturated rings. The van der Waals surface area contributed by atoms with E-state index in [1.54, 1.807) is 12.1 Å². The first kappa shape index (κ1) is 29.4. The molecule has 40 heavy (non-hydrogen) atoms. The Balaban J connectivity index is 1.73. The highest BCUT2D eigenvalue weighted by molar-refractivity contribution is 7.92. The number of carbonyl (C=O) groups is 2. The topological polar surface area (TPSA) is 105 Å². The van der Waals surface area contributed by atoms with Gasteiger partial charge in [-0.25, -0.2) is 12.8 Å². The molecule has 0 unspecified atom stereocenters. The maximum Gasteiger partial charge on any atom is 0.264 e. The quantitative estimate of drug-likeness (QED) is 0.388. The molecule has 1 heterocycles. The highest BCUT2D eigenvalue weighted by Gasteiger charge is 2.33. The van der Waals surface area contributed by atoms with Gasteiger partial charge >= 0.3 is 0 Å². The molecular weight excluding hydrogens is 584 g/mol. The van der Waals surface area contributed by atoms with Gasteiger partial charge in [0.25, 0.3) is 10.0 Å². The fraction of sp³-hybridized carbons (Fsp3) is 0.259. The molecule has 9 nitrogen and oxygen atoms in total. The van der Waals surface area contributed by atoms with Gasteiger partial charge in [0.05, 0.1) is 10.6 Å². The molecule has 0 saturated carbocycles. The van der Waals surface area contributed by atoms with Crippen molar-refractivity contribution >= 4 is 50.7 Å². The molecule has 212 valence electrons. The van der Waals surface area contributed by atoms with Crippen molar-refractivity contribution in [2.24, 2.45) is 0 Å². The Morgan fingerprint density at radius 2 is 1.68 bits per heavy atom. The van der Waals surface area contributed by atoms with Crippen LogP contribution >= 0.6 is 23.2 Å². The van der Waals surface area contributed by atoms with E-state index in [0.29, 0.717) is 22.9 Å². The van der Waals surface area contributed by atoms with Crippen molar-refractivity contribution in [3.63, 3.8) is 0 Å². The first-order valence-corrected chi connectivity index (χ1v) is 14.3. The summed E-state index contributed by atoms with van der Waals surface area (Å²) in [4.78, 5) is 27.4. The van der Waals surface area contributed by atoms with Gasteiger partial charge in [-0.1, -0.05) is 29.3 Å². The van der Waals surface area contributed by atoms with E-state index in [1.807, 2.05) is 0 Å². The van der Waals surface area contributed by atoms with Gasteiger partial charge in [0.1, 0.15) is 31.6 Å². The van der Waals surface area contributed by atoms with E-state index >= 15 is 0 Å². The lowest BCUT2D eigenvalue weighted by molar-refractivity contribution is -0.139. The van der Waals surface area contributed by atoms with E-state index < -0.39 is 40.2 Å². The van der Waals surface area contributed by atoms with Gasteiger partial charge in [0.2, 0.25) is 11.8 Å². The van der Waals surface area contributed by atoms with Crippen LogP contribution in [-0.4, -0.2) is 58.0 Å². The fourth-order valence-electron chi connectivity index (χ4n) is 4.07. The largest absolute Gasteiger partial charge is 0.486 e. The lowest BCUT2D eigenvalue weighted by Gasteiger charge is -2.32. The third kappa shape index (κ3) is 6.43. The standard InChI is InChI=1S/C27H26Cl2FN3O6S/c1-17(27(35)31-2)32(15-18-3-4-19(28)13-23(18)29)26(34)16-33(21-7-5-20(30)6-8-21)40(36,37)22-9-10-24-25(14-22)39-12-11-38-24/h3-10,13-14,17H,11-12,15-16H2,1-2H3,(H,31,35)/t17-/m0/s1. The zero-order valence-electron chi connectivity index (χ0n) is 21.6. The Kier molecular flexibility index (Phi) is 9.07. The van der Waals surface area contributed by atoms with Gasteiger partial charge < -0.3 is 19.7 Å². The average molecular weight is 610 g/mol. The summed E-state index contributed by atoms with van der Waals surface area (Å²) >= 11 is 12.3. The minimum Gasteiger partial charge on any atom is -0.486 e. The maximum absolute atomic E-state index is 13.9. The lowest BCUT2D eigenvalue weighted by atomic mass is 10.1. The average Bonchev–Trinajstić information content (AvgIpc) is 2.94. The predicted molar refractivity (Wildman–Crippen MR) is 149 cm³/mol. The van der Waals surface area contributed by atoms with Crippen molar-refractivity contribution < 1.29 is 31.9 Å². The smallest absolute Gasteiger partial charge is 0.264 e. The molecule has 0 radical (unpaired) electrons. The molecule has 3 aromatic rings. The number of ether oxygens (including phenoxy) is 2. The van der Waals surface area contributed by atoms with Crippen molar-refractivity contribution in [2.45, 2.75) is 24.4 Å². The first-order valence-electron chi connectivity index (χ1n) is 12.1. The zero-order valence-corrected chi connectivity index (χ0v) is 23.9. The van der Waals surface area contributed by atoms with Crippen LogP contribution in [0.5, 0.6) is 11.5 Å². The highest BCUT2D eigenvalue weighted by Crippen LogP contribution is 2.34. The summed E-state index contributed by atoms with van der Waals surface area (Å²) in [5, 5.41) is 3.16. The molecule has 1 aliphatic heterocycles. The normalized spacial score (nSPS) is 13.3. The number of carbonyl (C=O) groups excluding carboxylic acids is 2. The molecule has 3 aromatic carbocycles. The molecule has 0 aromatic heterocycles. The minimum atomic E-state index is -4.38. The van der Waals surface area contributed by atoms with E-state index in [2.05, 4.69) is 5.32 Å². The number of benzene rings is 3. The van der Waals surface area contributed by atoms with Crippen molar-refractivity contribution in [2.75, 3.05) is 31.1 Å². The molecule has 1 atom stereocenters. The number of fused-ring (bicyclic) bond motifs is 1. The second-order valence-corrected chi connectivity index (χ2v) is 11.5. The van der Waals surface area contributed by atoms with Gasteiger partial charge in [0.15, 0.2) is 11.5 Å². The molecule has 1 aliphatic rings. The van der Waals surface area contributed by atoms with Crippen LogP contribution in [0.2, 0.25) is 10.0 Å². The molecule has 0 saturated heterocycles. The number of halogens is 3. The highest BCUT2D eigenvalue weighted by atomic mass is 35.5. The van der Waals surface area contributed by atoms with Gasteiger partial charge in [0, 0.05) is 29.7 Å². The predicted octanol–water partition coefficient (Wildman–Crippen LogP) is 4.26. The number of amides is 2. The van der Waals surface area contributed by atoms with Crippen molar-refractivity contribution in [1.82, 2.24) is 10.2 Å². The van der Waals surface area contributed by atoms with Crippen LogP contribution in [0.4, 0.5) is 10.1 Å². The molecule has 1 N–H and O–H groups in total. The Morgan fingerprint density at radius 1 is 1.00 bits per heavy atom. The Bertz CT molecular complexity index is 1520. The summed E-state index contributed by atoms with van der Waals surface area (Å²) in [6, 6.07) is 12.5. The van der Waals surface area contributed by atoms with Gasteiger partial charge in [-0.2, -0.15) is 0 Å². The number of sulfonamides is 1. The van der Waals surface area contributed by atoms with Crippen LogP contribution in [0.15, 0.2) is 65.6 Å². The van der Waals surface area contributed by atoms with Crippen molar-refractivity contribution in [3.8, 4) is 11.5 Å². The van der Waals surface area contributed by atoms with E-state index in [4.69, 9.17) is 32.7 Å². The van der Waals surface area contributed by atoms with E-state index in [-0.39, 0.29) is 34.5 Å². The summed E-state index contributed by atoms with van der Waals surface area (Å²) in [5.74, 6) is -1.13. The van der Waals surface area contributed by atoms with Gasteiger partial charge in [-0.3, -0.25) is 13.9 Å². The number of hydrogen-bond acceptors (Lipinski definition) is 6. The van der Waals surface area contributed by atoms with Crippen molar-refractivity contribution in [1.29, 1.82) is 0 Å². The minimum absolute atomic E-state index is 0.0433.